The first-order valence-corrected chi connectivity index (χ1v) is 9.76. The van der Waals surface area contributed by atoms with Gasteiger partial charge < -0.3 is 4.74 Å². The van der Waals surface area contributed by atoms with Crippen LogP contribution in [0.1, 0.15) is 67.7 Å². The second-order valence-electron chi connectivity index (χ2n) is 9.10. The highest BCUT2D eigenvalue weighted by Gasteiger charge is 2.42. The molecule has 136 valence electrons. The predicted molar refractivity (Wildman–Crippen MR) is 101 cm³/mol. The van der Waals surface area contributed by atoms with Gasteiger partial charge in [-0.05, 0) is 62.4 Å². The van der Waals surface area contributed by atoms with Crippen molar-refractivity contribution in [3.8, 4) is 0 Å². The van der Waals surface area contributed by atoms with Crippen molar-refractivity contribution in [1.29, 1.82) is 0 Å². The van der Waals surface area contributed by atoms with Gasteiger partial charge in [-0.15, -0.1) is 0 Å². The lowest BCUT2D eigenvalue weighted by molar-refractivity contribution is -0.164. The molecule has 2 aliphatic rings. The number of rotatable bonds is 5. The molecule has 0 aliphatic heterocycles. The molecule has 0 radical (unpaired) electrons. The maximum absolute atomic E-state index is 12.7. The average Bonchev–Trinajstić information content (AvgIpc) is 2.49. The van der Waals surface area contributed by atoms with Gasteiger partial charge in [-0.1, -0.05) is 52.8 Å². The van der Waals surface area contributed by atoms with E-state index in [1.54, 1.807) is 0 Å². The van der Waals surface area contributed by atoms with Crippen molar-refractivity contribution in [1.82, 2.24) is 0 Å². The lowest BCUT2D eigenvalue weighted by atomic mass is 9.64. The molecule has 0 heterocycles. The number of ether oxygens (including phenoxy) is 1. The van der Waals surface area contributed by atoms with Crippen LogP contribution in [0.3, 0.4) is 0 Å². The van der Waals surface area contributed by atoms with Crippen LogP contribution in [0.5, 0.6) is 0 Å². The molecular formula is C22H36O2. The fraction of sp³-hybridized carbons (Fsp3) is 0.773. The molecule has 5 atom stereocenters. The molecule has 0 aromatic rings. The SMILES string of the molecule is CCC(C)(C)C(=O)O[C@H]1C[C@@H](C)C=C2C=C[C@H](C)[C@H](CC(C)C)[C@H]21. The van der Waals surface area contributed by atoms with Crippen molar-refractivity contribution in [3.63, 3.8) is 0 Å². The summed E-state index contributed by atoms with van der Waals surface area (Å²) in [7, 11) is 0. The van der Waals surface area contributed by atoms with Crippen LogP contribution in [-0.2, 0) is 9.53 Å². The second kappa shape index (κ2) is 7.45. The number of allylic oxidation sites excluding steroid dienone is 3. The van der Waals surface area contributed by atoms with Crippen LogP contribution in [0.25, 0.3) is 0 Å². The summed E-state index contributed by atoms with van der Waals surface area (Å²) in [6.07, 6.45) is 10.0. The number of hydrogen-bond donors (Lipinski definition) is 0. The van der Waals surface area contributed by atoms with Gasteiger partial charge in [0, 0.05) is 5.92 Å². The van der Waals surface area contributed by atoms with E-state index in [-0.39, 0.29) is 12.1 Å². The largest absolute Gasteiger partial charge is 0.461 e. The van der Waals surface area contributed by atoms with Crippen molar-refractivity contribution in [2.24, 2.45) is 35.0 Å². The van der Waals surface area contributed by atoms with Crippen LogP contribution in [0, 0.1) is 35.0 Å². The maximum Gasteiger partial charge on any atom is 0.311 e. The zero-order chi connectivity index (χ0) is 18.1. The van der Waals surface area contributed by atoms with E-state index in [0.717, 1.165) is 12.8 Å². The van der Waals surface area contributed by atoms with Crippen LogP contribution < -0.4 is 0 Å². The minimum absolute atomic E-state index is 0.0227. The zero-order valence-electron chi connectivity index (χ0n) is 16.6. The van der Waals surface area contributed by atoms with Crippen molar-refractivity contribution < 1.29 is 9.53 Å². The van der Waals surface area contributed by atoms with Crippen LogP contribution in [-0.4, -0.2) is 12.1 Å². The number of carbonyl (C=O) groups excluding carboxylic acids is 1. The number of fused-ring (bicyclic) bond motifs is 1. The zero-order valence-corrected chi connectivity index (χ0v) is 16.6. The van der Waals surface area contributed by atoms with Crippen molar-refractivity contribution in [3.05, 3.63) is 23.8 Å². The standard InChI is InChI=1S/C22H36O2/c1-8-22(6,7)21(23)24-19-13-15(4)12-17-10-9-16(5)18(20(17)19)11-14(2)3/h9-10,12,14-16,18-20H,8,11,13H2,1-7H3/t15-,16-,18-,19-,20-/m0/s1. The normalized spacial score (nSPS) is 33.2. The minimum Gasteiger partial charge on any atom is -0.461 e. The van der Waals surface area contributed by atoms with Crippen molar-refractivity contribution in [2.75, 3.05) is 0 Å². The molecule has 2 aliphatic carbocycles. The number of hydrogen-bond acceptors (Lipinski definition) is 2. The van der Waals surface area contributed by atoms with Gasteiger partial charge >= 0.3 is 5.97 Å². The molecule has 0 unspecified atom stereocenters. The third-order valence-electron chi connectivity index (χ3n) is 6.03. The van der Waals surface area contributed by atoms with E-state index in [0.29, 0.717) is 29.6 Å². The Labute approximate surface area is 148 Å². The smallest absolute Gasteiger partial charge is 0.311 e. The molecule has 0 aromatic heterocycles. The van der Waals surface area contributed by atoms with Crippen LogP contribution in [0.4, 0.5) is 0 Å². The lowest BCUT2D eigenvalue weighted by Gasteiger charge is -2.44. The predicted octanol–water partition coefficient (Wildman–Crippen LogP) is 5.79. The van der Waals surface area contributed by atoms with E-state index in [1.807, 2.05) is 13.8 Å². The Morgan fingerprint density at radius 1 is 1.33 bits per heavy atom. The fourth-order valence-corrected chi connectivity index (χ4v) is 4.13. The van der Waals surface area contributed by atoms with Crippen LogP contribution in [0.15, 0.2) is 23.8 Å². The van der Waals surface area contributed by atoms with Gasteiger partial charge in [-0.25, -0.2) is 0 Å². The highest BCUT2D eigenvalue weighted by atomic mass is 16.5. The van der Waals surface area contributed by atoms with Gasteiger partial charge in [-0.2, -0.15) is 0 Å². The van der Waals surface area contributed by atoms with Gasteiger partial charge in [0.25, 0.3) is 0 Å². The highest BCUT2D eigenvalue weighted by molar-refractivity contribution is 5.76. The summed E-state index contributed by atoms with van der Waals surface area (Å²) in [6.45, 7) is 15.2. The minimum atomic E-state index is -0.395. The Hall–Kier alpha value is -1.05. The van der Waals surface area contributed by atoms with Gasteiger partial charge in [0.05, 0.1) is 5.41 Å². The van der Waals surface area contributed by atoms with Crippen LogP contribution in [0.2, 0.25) is 0 Å². The number of carbonyl (C=O) groups is 1. The van der Waals surface area contributed by atoms with E-state index in [1.165, 1.54) is 12.0 Å². The molecule has 24 heavy (non-hydrogen) atoms. The van der Waals surface area contributed by atoms with E-state index in [4.69, 9.17) is 4.74 Å². The Morgan fingerprint density at radius 2 is 2.00 bits per heavy atom. The van der Waals surface area contributed by atoms with E-state index < -0.39 is 5.41 Å². The molecule has 2 heteroatoms. The van der Waals surface area contributed by atoms with Gasteiger partial charge in [-0.3, -0.25) is 4.79 Å². The van der Waals surface area contributed by atoms with Crippen LogP contribution >= 0.6 is 0 Å². The summed E-state index contributed by atoms with van der Waals surface area (Å²) in [5, 5.41) is 0. The van der Waals surface area contributed by atoms with E-state index in [9.17, 15) is 4.79 Å². The summed E-state index contributed by atoms with van der Waals surface area (Å²) in [5.41, 5.74) is 0.999. The topological polar surface area (TPSA) is 26.3 Å². The third kappa shape index (κ3) is 4.13. The first-order valence-electron chi connectivity index (χ1n) is 9.76. The Bertz CT molecular complexity index is 512. The second-order valence-corrected chi connectivity index (χ2v) is 9.10. The molecule has 0 fully saturated rings. The Kier molecular flexibility index (Phi) is 5.99. The molecule has 0 N–H and O–H groups in total. The fourth-order valence-electron chi connectivity index (χ4n) is 4.13. The van der Waals surface area contributed by atoms with Gasteiger partial charge in [0.1, 0.15) is 6.10 Å². The molecule has 0 saturated carbocycles. The Morgan fingerprint density at radius 3 is 2.58 bits per heavy atom. The molecule has 0 aromatic carbocycles. The van der Waals surface area contributed by atoms with Crippen molar-refractivity contribution >= 4 is 5.97 Å². The molecule has 0 saturated heterocycles. The van der Waals surface area contributed by atoms with Gasteiger partial charge in [0.15, 0.2) is 0 Å². The van der Waals surface area contributed by atoms with E-state index >= 15 is 0 Å². The molecule has 0 amide bonds. The summed E-state index contributed by atoms with van der Waals surface area (Å²) >= 11 is 0. The first-order chi connectivity index (χ1) is 11.2. The summed E-state index contributed by atoms with van der Waals surface area (Å²) in [6, 6.07) is 0. The molecule has 2 rings (SSSR count). The third-order valence-corrected chi connectivity index (χ3v) is 6.03. The first kappa shape index (κ1) is 19.3. The Balaban J connectivity index is 2.29. The average molecular weight is 333 g/mol. The summed E-state index contributed by atoms with van der Waals surface area (Å²) in [4.78, 5) is 12.7. The summed E-state index contributed by atoms with van der Waals surface area (Å²) in [5.74, 6) is 2.57. The molecular weight excluding hydrogens is 296 g/mol. The summed E-state index contributed by atoms with van der Waals surface area (Å²) < 4.78 is 6.13. The highest BCUT2D eigenvalue weighted by Crippen LogP contribution is 2.45. The number of esters is 1. The maximum atomic E-state index is 12.7. The molecule has 0 bridgehead atoms. The van der Waals surface area contributed by atoms with Crippen molar-refractivity contribution in [2.45, 2.75) is 73.8 Å². The van der Waals surface area contributed by atoms with Gasteiger partial charge in [0.2, 0.25) is 0 Å². The molecule has 0 spiro atoms. The lowest BCUT2D eigenvalue weighted by Crippen LogP contribution is -2.43. The van der Waals surface area contributed by atoms with E-state index in [2.05, 4.69) is 52.8 Å². The molecule has 2 nitrogen and oxygen atoms in total. The monoisotopic (exact) mass is 332 g/mol. The quantitative estimate of drug-likeness (QED) is 0.596.